The molecule has 2 aliphatic rings. The third-order valence-corrected chi connectivity index (χ3v) is 3.94. The third-order valence-electron chi connectivity index (χ3n) is 3.94. The lowest BCUT2D eigenvalue weighted by molar-refractivity contribution is -0.385. The average molecular weight is 250 g/mol. The number of hydrogen-bond donors (Lipinski definition) is 1. The van der Waals surface area contributed by atoms with E-state index in [4.69, 9.17) is 0 Å². The smallest absolute Gasteiger partial charge is 0.305 e. The highest BCUT2D eigenvalue weighted by Crippen LogP contribution is 2.38. The van der Waals surface area contributed by atoms with Crippen molar-refractivity contribution in [2.24, 2.45) is 11.8 Å². The molecule has 0 spiro atoms. The van der Waals surface area contributed by atoms with Crippen molar-refractivity contribution in [2.45, 2.75) is 18.9 Å². The molecule has 1 aliphatic heterocycles. The molecule has 0 amide bonds. The molecular formula is C11H14N4O3. The fraction of sp³-hybridized carbons (Fsp3) is 0.636. The fourth-order valence-electron chi connectivity index (χ4n) is 2.97. The predicted octanol–water partition coefficient (Wildman–Crippen LogP) is 0.592. The first kappa shape index (κ1) is 11.3. The molecule has 96 valence electrons. The maximum absolute atomic E-state index is 10.5. The van der Waals surface area contributed by atoms with Crippen molar-refractivity contribution in [1.82, 2.24) is 9.97 Å². The Morgan fingerprint density at radius 3 is 2.67 bits per heavy atom. The highest BCUT2D eigenvalue weighted by atomic mass is 16.6. The molecule has 0 radical (unpaired) electrons. The Morgan fingerprint density at radius 1 is 1.33 bits per heavy atom. The van der Waals surface area contributed by atoms with Crippen LogP contribution in [0.1, 0.15) is 12.8 Å². The Labute approximate surface area is 104 Å². The Balaban J connectivity index is 1.75. The summed E-state index contributed by atoms with van der Waals surface area (Å²) < 4.78 is 0. The molecule has 3 unspecified atom stereocenters. The van der Waals surface area contributed by atoms with Gasteiger partial charge in [-0.05, 0) is 18.8 Å². The molecule has 2 heterocycles. The number of nitro groups is 1. The number of fused-ring (bicyclic) bond motifs is 1. The minimum atomic E-state index is -0.508. The van der Waals surface area contributed by atoms with Crippen molar-refractivity contribution in [3.63, 3.8) is 0 Å². The quantitative estimate of drug-likeness (QED) is 0.610. The van der Waals surface area contributed by atoms with Crippen LogP contribution in [0.4, 0.5) is 11.6 Å². The molecule has 7 heteroatoms. The van der Waals surface area contributed by atoms with Crippen LogP contribution in [0.3, 0.4) is 0 Å². The van der Waals surface area contributed by atoms with Gasteiger partial charge in [0, 0.05) is 19.0 Å². The molecule has 1 N–H and O–H groups in total. The highest BCUT2D eigenvalue weighted by Gasteiger charge is 2.42. The Hall–Kier alpha value is -1.76. The van der Waals surface area contributed by atoms with Crippen LogP contribution >= 0.6 is 0 Å². The van der Waals surface area contributed by atoms with Gasteiger partial charge in [-0.25, -0.2) is 9.97 Å². The Bertz CT molecular complexity index is 464. The lowest BCUT2D eigenvalue weighted by Gasteiger charge is -2.17. The summed E-state index contributed by atoms with van der Waals surface area (Å²) in [6, 6.07) is 0. The summed E-state index contributed by atoms with van der Waals surface area (Å²) in [7, 11) is 0. The zero-order valence-corrected chi connectivity index (χ0v) is 9.77. The normalized spacial score (nSPS) is 30.5. The lowest BCUT2D eigenvalue weighted by atomic mass is 10.00. The molecule has 1 saturated heterocycles. The van der Waals surface area contributed by atoms with Crippen LogP contribution in [0.15, 0.2) is 12.4 Å². The third kappa shape index (κ3) is 1.80. The van der Waals surface area contributed by atoms with Gasteiger partial charge in [0.15, 0.2) is 0 Å². The van der Waals surface area contributed by atoms with Crippen LogP contribution in [-0.2, 0) is 0 Å². The molecule has 7 nitrogen and oxygen atoms in total. The van der Waals surface area contributed by atoms with Gasteiger partial charge in [0.1, 0.15) is 12.4 Å². The number of anilines is 1. The van der Waals surface area contributed by atoms with Gasteiger partial charge in [0.25, 0.3) is 0 Å². The van der Waals surface area contributed by atoms with E-state index in [1.165, 1.54) is 12.4 Å². The molecule has 0 bridgehead atoms. The van der Waals surface area contributed by atoms with Gasteiger partial charge < -0.3 is 10.0 Å². The maximum Gasteiger partial charge on any atom is 0.305 e. The van der Waals surface area contributed by atoms with Crippen molar-refractivity contribution < 1.29 is 10.0 Å². The van der Waals surface area contributed by atoms with Crippen LogP contribution in [0.25, 0.3) is 0 Å². The Kier molecular flexibility index (Phi) is 2.62. The van der Waals surface area contributed by atoms with E-state index in [0.29, 0.717) is 17.8 Å². The zero-order valence-electron chi connectivity index (χ0n) is 9.77. The number of aliphatic hydroxyl groups excluding tert-OH is 1. The minimum Gasteiger partial charge on any atom is -0.393 e. The van der Waals surface area contributed by atoms with E-state index in [-0.39, 0.29) is 11.8 Å². The maximum atomic E-state index is 10.5. The van der Waals surface area contributed by atoms with E-state index in [2.05, 4.69) is 9.97 Å². The highest BCUT2D eigenvalue weighted by molar-refractivity contribution is 5.36. The van der Waals surface area contributed by atoms with Gasteiger partial charge in [-0.15, -0.1) is 0 Å². The summed E-state index contributed by atoms with van der Waals surface area (Å²) in [5, 5.41) is 20.3. The SMILES string of the molecule is O=[N+]([O-])c1cnc(N2CC3CCC(O)C3C2)nc1. The molecule has 1 aromatic rings. The largest absolute Gasteiger partial charge is 0.393 e. The second kappa shape index (κ2) is 4.16. The van der Waals surface area contributed by atoms with Crippen LogP contribution in [0.2, 0.25) is 0 Å². The molecule has 3 atom stereocenters. The summed E-state index contributed by atoms with van der Waals surface area (Å²) in [5.74, 6) is 1.31. The molecule has 0 aromatic carbocycles. The van der Waals surface area contributed by atoms with Crippen LogP contribution in [0, 0.1) is 22.0 Å². The first-order valence-corrected chi connectivity index (χ1v) is 6.04. The molecule has 3 rings (SSSR count). The van der Waals surface area contributed by atoms with Crippen molar-refractivity contribution in [1.29, 1.82) is 0 Å². The molecule has 1 saturated carbocycles. The van der Waals surface area contributed by atoms with E-state index in [1.54, 1.807) is 0 Å². The van der Waals surface area contributed by atoms with Gasteiger partial charge >= 0.3 is 5.69 Å². The van der Waals surface area contributed by atoms with E-state index in [9.17, 15) is 15.2 Å². The van der Waals surface area contributed by atoms with Gasteiger partial charge in [-0.1, -0.05) is 0 Å². The van der Waals surface area contributed by atoms with Crippen LogP contribution < -0.4 is 4.90 Å². The first-order chi connectivity index (χ1) is 8.65. The molecule has 1 aromatic heterocycles. The summed E-state index contributed by atoms with van der Waals surface area (Å²) in [5.41, 5.74) is -0.0989. The molecule has 2 fully saturated rings. The van der Waals surface area contributed by atoms with Crippen molar-refractivity contribution in [3.05, 3.63) is 22.5 Å². The van der Waals surface area contributed by atoms with E-state index < -0.39 is 4.92 Å². The summed E-state index contributed by atoms with van der Waals surface area (Å²) in [6.07, 6.45) is 4.15. The van der Waals surface area contributed by atoms with Gasteiger partial charge in [-0.3, -0.25) is 10.1 Å². The Morgan fingerprint density at radius 2 is 2.06 bits per heavy atom. The summed E-state index contributed by atoms with van der Waals surface area (Å²) in [4.78, 5) is 20.1. The van der Waals surface area contributed by atoms with Crippen LogP contribution in [0.5, 0.6) is 0 Å². The van der Waals surface area contributed by atoms with Crippen molar-refractivity contribution in [3.8, 4) is 0 Å². The summed E-state index contributed by atoms with van der Waals surface area (Å²) in [6.45, 7) is 1.57. The number of nitrogens with zero attached hydrogens (tertiary/aromatic N) is 4. The van der Waals surface area contributed by atoms with Crippen molar-refractivity contribution in [2.75, 3.05) is 18.0 Å². The topological polar surface area (TPSA) is 92.4 Å². The van der Waals surface area contributed by atoms with E-state index in [0.717, 1.165) is 25.9 Å². The standard InChI is InChI=1S/C11H14N4O3/c16-10-2-1-7-5-14(6-9(7)10)11-12-3-8(4-13-11)15(17)18/h3-4,7,9-10,16H,1-2,5-6H2. The van der Waals surface area contributed by atoms with Crippen LogP contribution in [-0.4, -0.2) is 39.2 Å². The van der Waals surface area contributed by atoms with Gasteiger partial charge in [-0.2, -0.15) is 0 Å². The second-order valence-electron chi connectivity index (χ2n) is 4.97. The van der Waals surface area contributed by atoms with Gasteiger partial charge in [0.05, 0.1) is 11.0 Å². The molecule has 18 heavy (non-hydrogen) atoms. The number of aliphatic hydroxyl groups is 1. The number of hydrogen-bond acceptors (Lipinski definition) is 6. The van der Waals surface area contributed by atoms with Gasteiger partial charge in [0.2, 0.25) is 5.95 Å². The summed E-state index contributed by atoms with van der Waals surface area (Å²) >= 11 is 0. The van der Waals surface area contributed by atoms with E-state index >= 15 is 0 Å². The number of rotatable bonds is 2. The minimum absolute atomic E-state index is 0.0989. The molecule has 1 aliphatic carbocycles. The van der Waals surface area contributed by atoms with E-state index in [1.807, 2.05) is 4.90 Å². The fourth-order valence-corrected chi connectivity index (χ4v) is 2.97. The number of aromatic nitrogens is 2. The average Bonchev–Trinajstić information content (AvgIpc) is 2.92. The predicted molar refractivity (Wildman–Crippen MR) is 63.1 cm³/mol. The first-order valence-electron chi connectivity index (χ1n) is 6.04. The van der Waals surface area contributed by atoms with Crippen molar-refractivity contribution >= 4 is 11.6 Å². The lowest BCUT2D eigenvalue weighted by Crippen LogP contribution is -2.25. The monoisotopic (exact) mass is 250 g/mol. The zero-order chi connectivity index (χ0) is 12.7. The second-order valence-corrected chi connectivity index (χ2v) is 4.97. The molecular weight excluding hydrogens is 236 g/mol.